The lowest BCUT2D eigenvalue weighted by molar-refractivity contribution is -0.486. The molecule has 0 bridgehead atoms. The minimum Gasteiger partial charge on any atom is -0.335 e. The molecule has 0 radical (unpaired) electrons. The zero-order valence-electron chi connectivity index (χ0n) is 12.1. The zero-order chi connectivity index (χ0) is 16.1. The number of rotatable bonds is 6. The standard InChI is InChI=1S/C13H16ClN5O3/c1-10(20)4-5-17-6-7-18(13(17)16-19(21)22)9-11-2-3-12(14)15-8-11/h2-3,8H,4-7,9H2,1H3/b16-13+. The third kappa shape index (κ3) is 4.39. The number of hydrogen-bond acceptors (Lipinski definition) is 4. The molecule has 0 N–H and O–H groups in total. The Hall–Kier alpha value is -2.22. The largest absolute Gasteiger partial charge is 0.335 e. The summed E-state index contributed by atoms with van der Waals surface area (Å²) in [5.74, 6) is 0.321. The van der Waals surface area contributed by atoms with Gasteiger partial charge in [0.2, 0.25) is 0 Å². The predicted octanol–water partition coefficient (Wildman–Crippen LogP) is 1.38. The quantitative estimate of drug-likeness (QED) is 0.446. The molecule has 118 valence electrons. The van der Waals surface area contributed by atoms with E-state index in [4.69, 9.17) is 11.6 Å². The van der Waals surface area contributed by atoms with Gasteiger partial charge in [-0.05, 0) is 18.6 Å². The smallest absolute Gasteiger partial charge is 0.274 e. The Morgan fingerprint density at radius 3 is 2.77 bits per heavy atom. The van der Waals surface area contributed by atoms with Crippen molar-refractivity contribution in [1.82, 2.24) is 14.8 Å². The molecule has 1 saturated heterocycles. The second-order valence-electron chi connectivity index (χ2n) is 4.99. The van der Waals surface area contributed by atoms with Gasteiger partial charge in [-0.25, -0.2) is 15.1 Å². The summed E-state index contributed by atoms with van der Waals surface area (Å²) in [6, 6.07) is 3.49. The Kier molecular flexibility index (Phi) is 5.26. The van der Waals surface area contributed by atoms with Crippen molar-refractivity contribution < 1.29 is 9.83 Å². The van der Waals surface area contributed by atoms with Crippen molar-refractivity contribution in [2.75, 3.05) is 19.6 Å². The van der Waals surface area contributed by atoms with Gasteiger partial charge < -0.3 is 9.80 Å². The Morgan fingerprint density at radius 2 is 2.18 bits per heavy atom. The maximum atomic E-state index is 11.1. The molecule has 1 aromatic heterocycles. The van der Waals surface area contributed by atoms with E-state index in [-0.39, 0.29) is 11.7 Å². The summed E-state index contributed by atoms with van der Waals surface area (Å²) in [6.45, 7) is 3.58. The lowest BCUT2D eigenvalue weighted by Crippen LogP contribution is -2.35. The van der Waals surface area contributed by atoms with Crippen LogP contribution in [-0.4, -0.2) is 51.2 Å². The van der Waals surface area contributed by atoms with Crippen LogP contribution in [0.5, 0.6) is 0 Å². The highest BCUT2D eigenvalue weighted by Crippen LogP contribution is 2.15. The van der Waals surface area contributed by atoms with Gasteiger partial charge in [0.05, 0.1) is 0 Å². The van der Waals surface area contributed by atoms with Crippen molar-refractivity contribution >= 4 is 23.3 Å². The average molecular weight is 326 g/mol. The van der Waals surface area contributed by atoms with Crippen molar-refractivity contribution in [3.05, 3.63) is 39.2 Å². The second kappa shape index (κ2) is 7.17. The Labute approximate surface area is 132 Å². The molecular weight excluding hydrogens is 310 g/mol. The summed E-state index contributed by atoms with van der Waals surface area (Å²) >= 11 is 5.74. The van der Waals surface area contributed by atoms with Gasteiger partial charge in [-0.2, -0.15) is 0 Å². The van der Waals surface area contributed by atoms with E-state index in [1.165, 1.54) is 6.92 Å². The highest BCUT2D eigenvalue weighted by Gasteiger charge is 2.29. The lowest BCUT2D eigenvalue weighted by Gasteiger charge is -2.20. The van der Waals surface area contributed by atoms with Gasteiger partial charge in [0, 0.05) is 38.8 Å². The molecule has 2 rings (SSSR count). The van der Waals surface area contributed by atoms with Crippen molar-refractivity contribution in [2.24, 2.45) is 5.10 Å². The first kappa shape index (κ1) is 16.2. The number of halogens is 1. The summed E-state index contributed by atoms with van der Waals surface area (Å²) in [6.07, 6.45) is 1.97. The van der Waals surface area contributed by atoms with E-state index >= 15 is 0 Å². The summed E-state index contributed by atoms with van der Waals surface area (Å²) in [7, 11) is 0. The number of guanidine groups is 1. The number of carbonyl (C=O) groups excluding carboxylic acids is 1. The van der Waals surface area contributed by atoms with Crippen LogP contribution in [0.2, 0.25) is 5.15 Å². The summed E-state index contributed by atoms with van der Waals surface area (Å²) < 4.78 is 0. The van der Waals surface area contributed by atoms with Crippen LogP contribution in [0.4, 0.5) is 0 Å². The number of ketones is 1. The molecule has 0 atom stereocenters. The van der Waals surface area contributed by atoms with Crippen molar-refractivity contribution in [2.45, 2.75) is 19.9 Å². The molecule has 0 aliphatic carbocycles. The number of hydrazone groups is 1. The number of carbonyl (C=O) groups is 1. The molecule has 1 aliphatic rings. The van der Waals surface area contributed by atoms with Crippen LogP contribution in [0.25, 0.3) is 0 Å². The molecule has 8 nitrogen and oxygen atoms in total. The molecule has 1 fully saturated rings. The first-order valence-corrected chi connectivity index (χ1v) is 7.16. The monoisotopic (exact) mass is 325 g/mol. The van der Waals surface area contributed by atoms with Gasteiger partial charge in [-0.15, -0.1) is 0 Å². The molecule has 0 saturated carbocycles. The van der Waals surface area contributed by atoms with E-state index in [2.05, 4.69) is 10.1 Å². The first-order valence-electron chi connectivity index (χ1n) is 6.78. The number of hydrogen-bond donors (Lipinski definition) is 0. The van der Waals surface area contributed by atoms with Crippen LogP contribution in [0.15, 0.2) is 23.4 Å². The fraction of sp³-hybridized carbons (Fsp3) is 0.462. The Bertz CT molecular complexity index is 590. The molecule has 2 heterocycles. The topological polar surface area (TPSA) is 91.9 Å². The molecule has 0 unspecified atom stereocenters. The maximum absolute atomic E-state index is 11.1. The van der Waals surface area contributed by atoms with Gasteiger partial charge in [-0.3, -0.25) is 4.79 Å². The maximum Gasteiger partial charge on any atom is 0.274 e. The van der Waals surface area contributed by atoms with Crippen LogP contribution in [0.1, 0.15) is 18.9 Å². The van der Waals surface area contributed by atoms with Crippen molar-refractivity contribution in [3.8, 4) is 0 Å². The van der Waals surface area contributed by atoms with E-state index in [0.717, 1.165) is 5.56 Å². The molecule has 22 heavy (non-hydrogen) atoms. The fourth-order valence-electron chi connectivity index (χ4n) is 2.22. The van der Waals surface area contributed by atoms with Crippen LogP contribution in [-0.2, 0) is 11.3 Å². The summed E-state index contributed by atoms with van der Waals surface area (Å²) in [5, 5.41) is 13.9. The van der Waals surface area contributed by atoms with Crippen LogP contribution in [0, 0.1) is 10.1 Å². The zero-order valence-corrected chi connectivity index (χ0v) is 12.9. The molecule has 0 spiro atoms. The molecule has 9 heteroatoms. The SMILES string of the molecule is CC(=O)CCN1CCN(Cc2ccc(Cl)nc2)/C1=N/[N+](=O)[O-]. The number of nitrogens with zero attached hydrogens (tertiary/aromatic N) is 5. The third-order valence-corrected chi connectivity index (χ3v) is 3.50. The average Bonchev–Trinajstić information content (AvgIpc) is 2.81. The van der Waals surface area contributed by atoms with Crippen LogP contribution in [0.3, 0.4) is 0 Å². The number of aromatic nitrogens is 1. The molecule has 1 aliphatic heterocycles. The van der Waals surface area contributed by atoms with E-state index in [1.54, 1.807) is 22.1 Å². The van der Waals surface area contributed by atoms with Gasteiger partial charge in [-0.1, -0.05) is 17.7 Å². The second-order valence-corrected chi connectivity index (χ2v) is 5.37. The molecule has 0 amide bonds. The number of Topliss-reactive ketones (excluding diaryl/α,β-unsaturated/α-hetero) is 1. The lowest BCUT2D eigenvalue weighted by atomic mass is 10.3. The predicted molar refractivity (Wildman–Crippen MR) is 81.0 cm³/mol. The van der Waals surface area contributed by atoms with E-state index in [9.17, 15) is 14.9 Å². The van der Waals surface area contributed by atoms with Gasteiger partial charge in [0.15, 0.2) is 5.03 Å². The molecule has 0 aromatic carbocycles. The van der Waals surface area contributed by atoms with E-state index in [0.29, 0.717) is 37.8 Å². The summed E-state index contributed by atoms with van der Waals surface area (Å²) in [4.78, 5) is 29.4. The van der Waals surface area contributed by atoms with Gasteiger partial charge >= 0.3 is 0 Å². The van der Waals surface area contributed by atoms with E-state index in [1.807, 2.05) is 6.07 Å². The highest BCUT2D eigenvalue weighted by molar-refractivity contribution is 6.29. The van der Waals surface area contributed by atoms with Crippen LogP contribution >= 0.6 is 11.6 Å². The Morgan fingerprint density at radius 1 is 1.45 bits per heavy atom. The van der Waals surface area contributed by atoms with Crippen LogP contribution < -0.4 is 0 Å². The summed E-state index contributed by atoms with van der Waals surface area (Å²) in [5.41, 5.74) is 0.883. The van der Waals surface area contributed by atoms with Gasteiger partial charge in [0.1, 0.15) is 16.0 Å². The highest BCUT2D eigenvalue weighted by atomic mass is 35.5. The van der Waals surface area contributed by atoms with Crippen molar-refractivity contribution in [3.63, 3.8) is 0 Å². The normalized spacial score (nSPS) is 16.4. The molecular formula is C13H16ClN5O3. The number of pyridine rings is 1. The number of nitro groups is 1. The first-order chi connectivity index (χ1) is 10.5. The molecule has 1 aromatic rings. The third-order valence-electron chi connectivity index (χ3n) is 3.27. The minimum atomic E-state index is -0.714. The van der Waals surface area contributed by atoms with Gasteiger partial charge in [0.25, 0.3) is 5.96 Å². The van der Waals surface area contributed by atoms with E-state index < -0.39 is 5.03 Å². The van der Waals surface area contributed by atoms with Crippen molar-refractivity contribution in [1.29, 1.82) is 0 Å². The fourth-order valence-corrected chi connectivity index (χ4v) is 2.33. The minimum absolute atomic E-state index is 0.0424. The Balaban J connectivity index is 2.11.